The van der Waals surface area contributed by atoms with Gasteiger partial charge >= 0.3 is 0 Å². The Morgan fingerprint density at radius 1 is 1.38 bits per heavy atom. The summed E-state index contributed by atoms with van der Waals surface area (Å²) in [5.41, 5.74) is 2.17. The third-order valence-electron chi connectivity index (χ3n) is 2.68. The number of nitrogens with one attached hydrogen (secondary N) is 1. The number of benzene rings is 1. The first-order valence-corrected chi connectivity index (χ1v) is 5.32. The first-order chi connectivity index (χ1) is 7.68. The maximum Gasteiger partial charge on any atom is 0.267 e. The molecule has 0 fully saturated rings. The molecule has 0 aliphatic heterocycles. The zero-order valence-electron chi connectivity index (χ0n) is 9.47. The molecule has 0 spiro atoms. The van der Waals surface area contributed by atoms with Gasteiger partial charge in [-0.25, -0.2) is 4.68 Å². The highest BCUT2D eigenvalue weighted by Crippen LogP contribution is 2.07. The minimum Gasteiger partial charge on any atom is -0.487 e. The number of aromatic nitrogens is 2. The molecular weight excluding hydrogens is 202 g/mol. The lowest BCUT2D eigenvalue weighted by Crippen LogP contribution is -2.45. The highest BCUT2D eigenvalue weighted by Gasteiger charge is 2.14. The van der Waals surface area contributed by atoms with Gasteiger partial charge in [-0.15, -0.1) is 0 Å². The van der Waals surface area contributed by atoms with Crippen molar-refractivity contribution in [2.45, 2.75) is 26.3 Å². The fourth-order valence-electron chi connectivity index (χ4n) is 1.77. The molecule has 0 saturated carbocycles. The van der Waals surface area contributed by atoms with Crippen LogP contribution in [0.15, 0.2) is 34.9 Å². The maximum absolute atomic E-state index is 7.46. The van der Waals surface area contributed by atoms with Crippen LogP contribution in [0.5, 0.6) is 0 Å². The van der Waals surface area contributed by atoms with E-state index in [4.69, 9.17) is 9.93 Å². The number of hydrogen-bond acceptors (Lipinski definition) is 2. The van der Waals surface area contributed by atoms with E-state index in [1.54, 1.807) is 4.68 Å². The van der Waals surface area contributed by atoms with Crippen molar-refractivity contribution < 1.29 is 9.20 Å². The highest BCUT2D eigenvalue weighted by atomic mass is 16.5. The minimum absolute atomic E-state index is 0.139. The van der Waals surface area contributed by atoms with Gasteiger partial charge in [0.2, 0.25) is 5.69 Å². The summed E-state index contributed by atoms with van der Waals surface area (Å²) in [4.78, 5) is 0. The van der Waals surface area contributed by atoms with Crippen LogP contribution in [0.4, 0.5) is 0 Å². The van der Waals surface area contributed by atoms with E-state index < -0.39 is 0 Å². The molecule has 0 radical (unpaired) electrons. The zero-order valence-corrected chi connectivity index (χ0v) is 9.47. The SMILES string of the molecule is Cc1c(=N)o[n-][n+]1C(C)Cc1ccccc1. The molecule has 0 bridgehead atoms. The fraction of sp³-hybridized carbons (Fsp3) is 0.333. The van der Waals surface area contributed by atoms with Gasteiger partial charge in [0.15, 0.2) is 6.04 Å². The van der Waals surface area contributed by atoms with Crippen LogP contribution in [0, 0.1) is 12.3 Å². The van der Waals surface area contributed by atoms with Crippen LogP contribution >= 0.6 is 0 Å². The van der Waals surface area contributed by atoms with Crippen LogP contribution in [-0.4, -0.2) is 0 Å². The molecule has 1 aromatic carbocycles. The summed E-state index contributed by atoms with van der Waals surface area (Å²) >= 11 is 0. The summed E-state index contributed by atoms with van der Waals surface area (Å²) in [5.74, 6) is 0. The molecule has 4 nitrogen and oxygen atoms in total. The summed E-state index contributed by atoms with van der Waals surface area (Å²) in [6, 6.07) is 10.4. The van der Waals surface area contributed by atoms with Crippen LogP contribution in [0.3, 0.4) is 0 Å². The Hall–Kier alpha value is -1.84. The van der Waals surface area contributed by atoms with Crippen LogP contribution in [0.1, 0.15) is 24.2 Å². The number of hydrogen-bond donors (Lipinski definition) is 1. The topological polar surface area (TPSA) is 55.0 Å². The van der Waals surface area contributed by atoms with Gasteiger partial charge in [-0.3, -0.25) is 10.7 Å². The minimum atomic E-state index is 0.139. The van der Waals surface area contributed by atoms with E-state index in [0.29, 0.717) is 0 Å². The normalized spacial score (nSPS) is 12.6. The van der Waals surface area contributed by atoms with Gasteiger partial charge in [-0.2, -0.15) is 0 Å². The van der Waals surface area contributed by atoms with Crippen molar-refractivity contribution in [1.82, 2.24) is 5.27 Å². The van der Waals surface area contributed by atoms with E-state index in [9.17, 15) is 0 Å². The predicted octanol–water partition coefficient (Wildman–Crippen LogP) is 1.12. The average molecular weight is 217 g/mol. The van der Waals surface area contributed by atoms with E-state index in [1.807, 2.05) is 25.1 Å². The van der Waals surface area contributed by atoms with E-state index >= 15 is 0 Å². The van der Waals surface area contributed by atoms with Crippen molar-refractivity contribution in [3.05, 3.63) is 47.1 Å². The molecule has 1 aromatic heterocycles. The molecule has 0 aliphatic carbocycles. The lowest BCUT2D eigenvalue weighted by Gasteiger charge is -2.09. The molecule has 0 saturated heterocycles. The van der Waals surface area contributed by atoms with Crippen molar-refractivity contribution in [1.29, 1.82) is 5.41 Å². The Balaban J connectivity index is 2.18. The van der Waals surface area contributed by atoms with Gasteiger partial charge in [-0.05, 0) is 12.5 Å². The van der Waals surface area contributed by atoms with Gasteiger partial charge in [-0.1, -0.05) is 30.3 Å². The predicted molar refractivity (Wildman–Crippen MR) is 57.7 cm³/mol. The molecule has 16 heavy (non-hydrogen) atoms. The van der Waals surface area contributed by atoms with E-state index in [-0.39, 0.29) is 11.6 Å². The van der Waals surface area contributed by atoms with Crippen LogP contribution < -0.4 is 15.5 Å². The van der Waals surface area contributed by atoms with Crippen molar-refractivity contribution in [3.8, 4) is 0 Å². The Kier molecular flexibility index (Phi) is 2.90. The molecule has 0 amide bonds. The summed E-state index contributed by atoms with van der Waals surface area (Å²) in [6.07, 6.45) is 0.887. The van der Waals surface area contributed by atoms with Gasteiger partial charge in [0.1, 0.15) is 0 Å². The molecule has 2 rings (SSSR count). The summed E-state index contributed by atoms with van der Waals surface area (Å²) < 4.78 is 6.59. The molecule has 1 N–H and O–H groups in total. The molecule has 1 heterocycles. The van der Waals surface area contributed by atoms with Crippen molar-refractivity contribution in [3.63, 3.8) is 0 Å². The fourth-order valence-corrected chi connectivity index (χ4v) is 1.77. The second-order valence-corrected chi connectivity index (χ2v) is 3.97. The Morgan fingerprint density at radius 3 is 2.62 bits per heavy atom. The largest absolute Gasteiger partial charge is 0.487 e. The molecular formula is C12H15N3O. The third-order valence-corrected chi connectivity index (χ3v) is 2.68. The summed E-state index contributed by atoms with van der Waals surface area (Å²) in [5, 5.41) is 11.3. The lowest BCUT2D eigenvalue weighted by molar-refractivity contribution is -0.791. The van der Waals surface area contributed by atoms with Crippen molar-refractivity contribution >= 4 is 0 Å². The Labute approximate surface area is 94.0 Å². The first-order valence-electron chi connectivity index (χ1n) is 5.32. The van der Waals surface area contributed by atoms with Crippen molar-refractivity contribution in [2.24, 2.45) is 0 Å². The zero-order chi connectivity index (χ0) is 11.5. The summed E-state index contributed by atoms with van der Waals surface area (Å²) in [6.45, 7) is 3.92. The summed E-state index contributed by atoms with van der Waals surface area (Å²) in [7, 11) is 0. The second kappa shape index (κ2) is 4.35. The molecule has 0 aliphatic rings. The van der Waals surface area contributed by atoms with Gasteiger partial charge in [0.05, 0.1) is 0 Å². The molecule has 84 valence electrons. The number of rotatable bonds is 3. The first kappa shape index (κ1) is 10.7. The van der Waals surface area contributed by atoms with Crippen LogP contribution in [-0.2, 0) is 6.42 Å². The maximum atomic E-state index is 7.46. The van der Waals surface area contributed by atoms with Gasteiger partial charge in [0, 0.05) is 13.3 Å². The molecule has 4 heteroatoms. The van der Waals surface area contributed by atoms with E-state index in [1.165, 1.54) is 5.56 Å². The van der Waals surface area contributed by atoms with E-state index in [2.05, 4.69) is 24.3 Å². The monoisotopic (exact) mass is 217 g/mol. The third kappa shape index (κ3) is 2.05. The van der Waals surface area contributed by atoms with Crippen LogP contribution in [0.2, 0.25) is 0 Å². The quantitative estimate of drug-likeness (QED) is 0.783. The molecule has 1 unspecified atom stereocenters. The van der Waals surface area contributed by atoms with E-state index in [0.717, 1.165) is 12.1 Å². The molecule has 1 atom stereocenters. The standard InChI is InChI=1S/C12H15N3O/c1-9(8-11-6-4-3-5-7-11)15-10(2)12(13)16-14-15/h3-7,9,13H,8H2,1-2H3. The lowest BCUT2D eigenvalue weighted by atomic mass is 10.1. The van der Waals surface area contributed by atoms with Gasteiger partial charge in [0.25, 0.3) is 5.55 Å². The van der Waals surface area contributed by atoms with Crippen molar-refractivity contribution in [2.75, 3.05) is 0 Å². The Morgan fingerprint density at radius 2 is 2.06 bits per heavy atom. The smallest absolute Gasteiger partial charge is 0.267 e. The highest BCUT2D eigenvalue weighted by molar-refractivity contribution is 5.14. The van der Waals surface area contributed by atoms with Gasteiger partial charge < -0.3 is 4.52 Å². The average Bonchev–Trinajstić information content (AvgIpc) is 2.61. The Bertz CT molecular complexity index is 513. The molecule has 2 aromatic rings. The number of nitrogens with zero attached hydrogens (tertiary/aromatic N) is 2. The van der Waals surface area contributed by atoms with Crippen LogP contribution in [0.25, 0.3) is 0 Å². The second-order valence-electron chi connectivity index (χ2n) is 3.97.